The second-order valence-corrected chi connectivity index (χ2v) is 8.87. The van der Waals surface area contributed by atoms with Crippen LogP contribution >= 0.6 is 11.3 Å². The number of amides is 1. The minimum absolute atomic E-state index is 0.0999. The SMILES string of the molecule is CC(C)n1ccc(C(=O)N(CCN2CCOCC2)c2nc3ccc(OC(F)(F)F)cc3s2)n1. The van der Waals surface area contributed by atoms with Gasteiger partial charge in [0.2, 0.25) is 0 Å². The molecule has 2 aromatic heterocycles. The fraction of sp³-hybridized carbons (Fsp3) is 0.476. The van der Waals surface area contributed by atoms with Crippen LogP contribution in [0.4, 0.5) is 18.3 Å². The van der Waals surface area contributed by atoms with Gasteiger partial charge >= 0.3 is 6.36 Å². The van der Waals surface area contributed by atoms with Gasteiger partial charge in [-0.15, -0.1) is 13.2 Å². The van der Waals surface area contributed by atoms with Crippen LogP contribution in [-0.4, -0.2) is 71.3 Å². The molecule has 4 rings (SSSR count). The lowest BCUT2D eigenvalue weighted by atomic mass is 10.3. The molecule has 3 aromatic rings. The molecule has 0 atom stereocenters. The van der Waals surface area contributed by atoms with Gasteiger partial charge in [-0.1, -0.05) is 11.3 Å². The normalized spacial score (nSPS) is 15.3. The highest BCUT2D eigenvalue weighted by atomic mass is 32.1. The zero-order valence-corrected chi connectivity index (χ0v) is 19.0. The van der Waals surface area contributed by atoms with Crippen molar-refractivity contribution in [3.8, 4) is 5.75 Å². The van der Waals surface area contributed by atoms with Gasteiger partial charge in [-0.2, -0.15) is 5.10 Å². The maximum absolute atomic E-state index is 13.4. The van der Waals surface area contributed by atoms with E-state index in [1.165, 1.54) is 23.1 Å². The van der Waals surface area contributed by atoms with E-state index < -0.39 is 6.36 Å². The lowest BCUT2D eigenvalue weighted by Gasteiger charge is -2.29. The van der Waals surface area contributed by atoms with Gasteiger partial charge in [-0.3, -0.25) is 19.3 Å². The number of hydrogen-bond acceptors (Lipinski definition) is 7. The Hall–Kier alpha value is -2.70. The first-order chi connectivity index (χ1) is 15.7. The summed E-state index contributed by atoms with van der Waals surface area (Å²) in [6.07, 6.45) is -3.03. The minimum Gasteiger partial charge on any atom is -0.406 e. The Morgan fingerprint density at radius 2 is 2.03 bits per heavy atom. The fourth-order valence-electron chi connectivity index (χ4n) is 3.43. The second-order valence-electron chi connectivity index (χ2n) is 7.86. The van der Waals surface area contributed by atoms with Crippen molar-refractivity contribution >= 4 is 32.6 Å². The van der Waals surface area contributed by atoms with Crippen LogP contribution in [0, 0.1) is 0 Å². The standard InChI is InChI=1S/C21H24F3N5O3S/c1-14(2)29-6-5-17(26-29)19(30)28(8-7-27-9-11-31-12-10-27)20-25-16-4-3-15(13-18(16)33-20)32-21(22,23)24/h3-6,13-14H,7-12H2,1-2H3. The third-order valence-corrected chi connectivity index (χ3v) is 6.20. The van der Waals surface area contributed by atoms with Gasteiger partial charge in [-0.05, 0) is 32.0 Å². The Bertz CT molecular complexity index is 1110. The first-order valence-corrected chi connectivity index (χ1v) is 11.3. The van der Waals surface area contributed by atoms with Gasteiger partial charge in [0.15, 0.2) is 10.8 Å². The highest BCUT2D eigenvalue weighted by Gasteiger charge is 2.31. The number of alkyl halides is 3. The third-order valence-electron chi connectivity index (χ3n) is 5.16. The summed E-state index contributed by atoms with van der Waals surface area (Å²) < 4.78 is 49.4. The molecule has 1 aliphatic heterocycles. The molecule has 0 radical (unpaired) electrons. The maximum Gasteiger partial charge on any atom is 0.573 e. The van der Waals surface area contributed by atoms with Crippen molar-refractivity contribution in [2.24, 2.45) is 0 Å². The average Bonchev–Trinajstić information content (AvgIpc) is 3.40. The predicted molar refractivity (Wildman–Crippen MR) is 118 cm³/mol. The summed E-state index contributed by atoms with van der Waals surface area (Å²) in [5.74, 6) is -0.638. The van der Waals surface area contributed by atoms with Crippen LogP contribution in [-0.2, 0) is 4.74 Å². The van der Waals surface area contributed by atoms with Gasteiger partial charge < -0.3 is 9.47 Å². The van der Waals surface area contributed by atoms with E-state index in [0.29, 0.717) is 41.7 Å². The quantitative estimate of drug-likeness (QED) is 0.507. The summed E-state index contributed by atoms with van der Waals surface area (Å²) in [5.41, 5.74) is 0.771. The van der Waals surface area contributed by atoms with Crippen LogP contribution < -0.4 is 9.64 Å². The van der Waals surface area contributed by atoms with Crippen LogP contribution in [0.2, 0.25) is 0 Å². The fourth-order valence-corrected chi connectivity index (χ4v) is 4.45. The van der Waals surface area contributed by atoms with Crippen LogP contribution in [0.1, 0.15) is 30.4 Å². The number of morpholine rings is 1. The molecule has 1 saturated heterocycles. The van der Waals surface area contributed by atoms with E-state index in [2.05, 4.69) is 19.7 Å². The van der Waals surface area contributed by atoms with E-state index in [1.54, 1.807) is 16.9 Å². The number of aromatic nitrogens is 3. The Labute approximate surface area is 192 Å². The highest BCUT2D eigenvalue weighted by Crippen LogP contribution is 2.33. The number of ether oxygens (including phenoxy) is 2. The molecule has 0 saturated carbocycles. The second kappa shape index (κ2) is 9.65. The Kier molecular flexibility index (Phi) is 6.86. The van der Waals surface area contributed by atoms with Gasteiger partial charge in [0.25, 0.3) is 5.91 Å². The first-order valence-electron chi connectivity index (χ1n) is 10.5. The molecule has 8 nitrogen and oxygen atoms in total. The molecule has 0 N–H and O–H groups in total. The first kappa shape index (κ1) is 23.5. The summed E-state index contributed by atoms with van der Waals surface area (Å²) in [5, 5.41) is 4.78. The van der Waals surface area contributed by atoms with E-state index in [9.17, 15) is 18.0 Å². The Morgan fingerprint density at radius 1 is 1.27 bits per heavy atom. The van der Waals surface area contributed by atoms with E-state index in [4.69, 9.17) is 4.74 Å². The summed E-state index contributed by atoms with van der Waals surface area (Å²) in [6, 6.07) is 5.70. The van der Waals surface area contributed by atoms with Crippen LogP contribution in [0.25, 0.3) is 10.2 Å². The zero-order chi connectivity index (χ0) is 23.6. The van der Waals surface area contributed by atoms with Crippen molar-refractivity contribution < 1.29 is 27.4 Å². The molecule has 1 aromatic carbocycles. The number of anilines is 1. The molecule has 3 heterocycles. The van der Waals surface area contributed by atoms with Crippen molar-refractivity contribution in [3.63, 3.8) is 0 Å². The molecule has 1 aliphatic rings. The molecule has 1 amide bonds. The van der Waals surface area contributed by atoms with Crippen molar-refractivity contribution in [2.75, 3.05) is 44.3 Å². The topological polar surface area (TPSA) is 72.7 Å². The molecule has 0 bridgehead atoms. The molecular formula is C21H24F3N5O3S. The lowest BCUT2D eigenvalue weighted by Crippen LogP contribution is -2.43. The summed E-state index contributed by atoms with van der Waals surface area (Å²) in [6.45, 7) is 7.70. The highest BCUT2D eigenvalue weighted by molar-refractivity contribution is 7.22. The monoisotopic (exact) mass is 483 g/mol. The molecule has 0 spiro atoms. The zero-order valence-electron chi connectivity index (χ0n) is 18.2. The number of fused-ring (bicyclic) bond motifs is 1. The van der Waals surface area contributed by atoms with Gasteiger partial charge in [0.05, 0.1) is 23.4 Å². The number of thiazole rings is 1. The minimum atomic E-state index is -4.78. The largest absolute Gasteiger partial charge is 0.573 e. The van der Waals surface area contributed by atoms with Crippen molar-refractivity contribution in [1.29, 1.82) is 0 Å². The van der Waals surface area contributed by atoms with E-state index in [-0.39, 0.29) is 23.4 Å². The molecular weight excluding hydrogens is 459 g/mol. The number of nitrogens with zero attached hydrogens (tertiary/aromatic N) is 5. The third kappa shape index (κ3) is 5.81. The van der Waals surface area contributed by atoms with Crippen molar-refractivity contribution in [1.82, 2.24) is 19.7 Å². The van der Waals surface area contributed by atoms with Gasteiger partial charge in [-0.25, -0.2) is 4.98 Å². The Morgan fingerprint density at radius 3 is 2.70 bits per heavy atom. The van der Waals surface area contributed by atoms with Crippen LogP contribution in [0.15, 0.2) is 30.5 Å². The van der Waals surface area contributed by atoms with Crippen LogP contribution in [0.5, 0.6) is 5.75 Å². The predicted octanol–water partition coefficient (Wildman–Crippen LogP) is 3.95. The van der Waals surface area contributed by atoms with Gasteiger partial charge in [0, 0.05) is 44.5 Å². The van der Waals surface area contributed by atoms with Crippen LogP contribution in [0.3, 0.4) is 0 Å². The summed E-state index contributed by atoms with van der Waals surface area (Å²) >= 11 is 1.14. The number of rotatable bonds is 7. The Balaban J connectivity index is 1.62. The van der Waals surface area contributed by atoms with E-state index in [0.717, 1.165) is 24.4 Å². The average molecular weight is 484 g/mol. The molecule has 0 unspecified atom stereocenters. The summed E-state index contributed by atoms with van der Waals surface area (Å²) in [7, 11) is 0. The lowest BCUT2D eigenvalue weighted by molar-refractivity contribution is -0.274. The van der Waals surface area contributed by atoms with E-state index >= 15 is 0 Å². The molecule has 178 valence electrons. The number of carbonyl (C=O) groups is 1. The van der Waals surface area contributed by atoms with Crippen molar-refractivity contribution in [2.45, 2.75) is 26.3 Å². The number of halogens is 3. The van der Waals surface area contributed by atoms with Crippen molar-refractivity contribution in [3.05, 3.63) is 36.2 Å². The maximum atomic E-state index is 13.4. The number of hydrogen-bond donors (Lipinski definition) is 0. The number of carbonyl (C=O) groups excluding carboxylic acids is 1. The number of benzene rings is 1. The molecule has 1 fully saturated rings. The molecule has 33 heavy (non-hydrogen) atoms. The summed E-state index contributed by atoms with van der Waals surface area (Å²) in [4.78, 5) is 21.6. The van der Waals surface area contributed by atoms with Gasteiger partial charge in [0.1, 0.15) is 5.75 Å². The molecule has 12 heteroatoms. The van der Waals surface area contributed by atoms with E-state index in [1.807, 2.05) is 13.8 Å². The molecule has 0 aliphatic carbocycles. The smallest absolute Gasteiger partial charge is 0.406 e.